The summed E-state index contributed by atoms with van der Waals surface area (Å²) >= 11 is 6.18. The minimum absolute atomic E-state index is 0.0397. The molecule has 9 heteroatoms. The van der Waals surface area contributed by atoms with Gasteiger partial charge in [-0.3, -0.25) is 4.79 Å². The van der Waals surface area contributed by atoms with E-state index in [1.165, 1.54) is 19.9 Å². The second-order valence-corrected chi connectivity index (χ2v) is 5.93. The number of halogens is 1. The van der Waals surface area contributed by atoms with E-state index in [1.54, 1.807) is 31.3 Å². The second kappa shape index (κ2) is 8.30. The number of benzene rings is 1. The van der Waals surface area contributed by atoms with Crippen LogP contribution >= 0.6 is 11.6 Å². The van der Waals surface area contributed by atoms with Crippen molar-refractivity contribution in [2.75, 3.05) is 10.6 Å². The molecule has 0 aliphatic heterocycles. The summed E-state index contributed by atoms with van der Waals surface area (Å²) < 4.78 is 0. The summed E-state index contributed by atoms with van der Waals surface area (Å²) in [6.07, 6.45) is 2.91. The number of nitrogens with zero attached hydrogens (tertiary/aromatic N) is 3. The average molecular weight is 375 g/mol. The lowest BCUT2D eigenvalue weighted by Crippen LogP contribution is -2.09. The van der Waals surface area contributed by atoms with E-state index in [2.05, 4.69) is 25.6 Å². The zero-order chi connectivity index (χ0) is 19.3. The van der Waals surface area contributed by atoms with E-state index in [0.717, 1.165) is 0 Å². The highest BCUT2D eigenvalue weighted by atomic mass is 35.5. The number of rotatable bonds is 5. The van der Waals surface area contributed by atoms with Crippen LogP contribution in [0, 0.1) is 6.92 Å². The lowest BCUT2D eigenvalue weighted by Gasteiger charge is -2.10. The molecule has 0 fully saturated rings. The summed E-state index contributed by atoms with van der Waals surface area (Å²) in [4.78, 5) is 23.8. The van der Waals surface area contributed by atoms with Gasteiger partial charge in [-0.05, 0) is 32.0 Å². The first-order valence-electron chi connectivity index (χ1n) is 7.64. The minimum Gasteiger partial charge on any atom is -0.512 e. The second-order valence-electron chi connectivity index (χ2n) is 5.52. The Morgan fingerprint density at radius 3 is 2.77 bits per heavy atom. The number of amidine groups is 1. The normalized spacial score (nSPS) is 12.0. The van der Waals surface area contributed by atoms with Crippen LogP contribution in [-0.2, 0) is 4.79 Å². The van der Waals surface area contributed by atoms with Crippen LogP contribution in [0.1, 0.15) is 19.4 Å². The van der Waals surface area contributed by atoms with Crippen LogP contribution in [0.2, 0.25) is 5.02 Å². The van der Waals surface area contributed by atoms with Gasteiger partial charge in [-0.15, -0.1) is 0 Å². The van der Waals surface area contributed by atoms with Crippen LogP contribution in [0.15, 0.2) is 41.2 Å². The van der Waals surface area contributed by atoms with Gasteiger partial charge in [0.05, 0.1) is 16.5 Å². The molecule has 26 heavy (non-hydrogen) atoms. The fourth-order valence-corrected chi connectivity index (χ4v) is 2.16. The number of carbonyl (C=O) groups is 1. The SMILES string of the molecule is CC(=O)Nc1ccc(Cl)c(Nc2ncc(C)c(N=C(N)/C=C(/C)O)n2)c1. The quantitative estimate of drug-likeness (QED) is 0.360. The van der Waals surface area contributed by atoms with Crippen LogP contribution in [-0.4, -0.2) is 26.8 Å². The first kappa shape index (κ1) is 19.2. The Morgan fingerprint density at radius 2 is 2.12 bits per heavy atom. The Balaban J connectivity index is 2.32. The van der Waals surface area contributed by atoms with Gasteiger partial charge in [0, 0.05) is 30.4 Å². The maximum Gasteiger partial charge on any atom is 0.229 e. The van der Waals surface area contributed by atoms with Gasteiger partial charge in [-0.1, -0.05) is 11.6 Å². The number of amides is 1. The topological polar surface area (TPSA) is 126 Å². The monoisotopic (exact) mass is 374 g/mol. The van der Waals surface area contributed by atoms with E-state index in [1.807, 2.05) is 0 Å². The Hall–Kier alpha value is -3.13. The van der Waals surface area contributed by atoms with Crippen LogP contribution in [0.25, 0.3) is 0 Å². The molecule has 1 aromatic heterocycles. The number of aryl methyl sites for hydroxylation is 1. The van der Waals surface area contributed by atoms with Gasteiger partial charge in [0.15, 0.2) is 5.82 Å². The molecule has 2 rings (SSSR count). The lowest BCUT2D eigenvalue weighted by molar-refractivity contribution is -0.114. The fourth-order valence-electron chi connectivity index (χ4n) is 2.00. The maximum absolute atomic E-state index is 11.2. The number of nitrogens with two attached hydrogens (primary N) is 1. The molecular formula is C17H19ClN6O2. The van der Waals surface area contributed by atoms with Gasteiger partial charge in [0.25, 0.3) is 0 Å². The first-order valence-corrected chi connectivity index (χ1v) is 8.01. The van der Waals surface area contributed by atoms with Crippen molar-refractivity contribution in [2.24, 2.45) is 10.7 Å². The molecule has 0 bridgehead atoms. The van der Waals surface area contributed by atoms with Gasteiger partial charge in [-0.2, -0.15) is 4.98 Å². The van der Waals surface area contributed by atoms with Crippen molar-refractivity contribution in [1.29, 1.82) is 0 Å². The number of anilines is 3. The predicted molar refractivity (Wildman–Crippen MR) is 103 cm³/mol. The third kappa shape index (κ3) is 5.45. The Kier molecular flexibility index (Phi) is 6.13. The predicted octanol–water partition coefficient (Wildman–Crippen LogP) is 3.59. The summed E-state index contributed by atoms with van der Waals surface area (Å²) in [5.74, 6) is 0.575. The number of hydrogen-bond donors (Lipinski definition) is 4. The van der Waals surface area contributed by atoms with Crippen molar-refractivity contribution in [3.05, 3.63) is 46.8 Å². The molecule has 0 saturated carbocycles. The number of nitrogens with one attached hydrogen (secondary N) is 2. The van der Waals surface area contributed by atoms with Crippen molar-refractivity contribution in [2.45, 2.75) is 20.8 Å². The molecule has 0 aliphatic carbocycles. The molecule has 0 saturated heterocycles. The molecule has 2 aromatic rings. The van der Waals surface area contributed by atoms with Crippen LogP contribution in [0.5, 0.6) is 0 Å². The number of aliphatic hydroxyl groups is 1. The summed E-state index contributed by atoms with van der Waals surface area (Å²) in [5.41, 5.74) is 7.56. The van der Waals surface area contributed by atoms with Crippen molar-refractivity contribution < 1.29 is 9.90 Å². The van der Waals surface area contributed by atoms with E-state index in [9.17, 15) is 9.90 Å². The molecule has 136 valence electrons. The Labute approximate surface area is 155 Å². The van der Waals surface area contributed by atoms with E-state index in [4.69, 9.17) is 17.3 Å². The highest BCUT2D eigenvalue weighted by Gasteiger charge is 2.08. The zero-order valence-electron chi connectivity index (χ0n) is 14.5. The highest BCUT2D eigenvalue weighted by Crippen LogP contribution is 2.28. The molecular weight excluding hydrogens is 356 g/mol. The van der Waals surface area contributed by atoms with Gasteiger partial charge in [0.2, 0.25) is 11.9 Å². The summed E-state index contributed by atoms with van der Waals surface area (Å²) in [6, 6.07) is 5.00. The largest absolute Gasteiger partial charge is 0.512 e. The number of allylic oxidation sites excluding steroid dienone is 1. The van der Waals surface area contributed by atoms with Crippen LogP contribution in [0.4, 0.5) is 23.1 Å². The molecule has 1 heterocycles. The smallest absolute Gasteiger partial charge is 0.229 e. The van der Waals surface area contributed by atoms with Crippen LogP contribution in [0.3, 0.4) is 0 Å². The van der Waals surface area contributed by atoms with E-state index in [-0.39, 0.29) is 23.5 Å². The zero-order valence-corrected chi connectivity index (χ0v) is 15.3. The number of aliphatic imine (C=N–C) groups is 1. The minimum atomic E-state index is -0.191. The molecule has 0 unspecified atom stereocenters. The third-order valence-electron chi connectivity index (χ3n) is 3.07. The molecule has 1 aromatic carbocycles. The van der Waals surface area contributed by atoms with E-state index in [0.29, 0.717) is 27.8 Å². The van der Waals surface area contributed by atoms with Gasteiger partial charge in [-0.25, -0.2) is 9.98 Å². The molecule has 1 amide bonds. The van der Waals surface area contributed by atoms with Crippen molar-refractivity contribution in [1.82, 2.24) is 9.97 Å². The highest BCUT2D eigenvalue weighted by molar-refractivity contribution is 6.33. The van der Waals surface area contributed by atoms with Gasteiger partial charge < -0.3 is 21.5 Å². The van der Waals surface area contributed by atoms with Gasteiger partial charge >= 0.3 is 0 Å². The maximum atomic E-state index is 11.2. The molecule has 0 atom stereocenters. The van der Waals surface area contributed by atoms with Gasteiger partial charge in [0.1, 0.15) is 5.84 Å². The van der Waals surface area contributed by atoms with Crippen LogP contribution < -0.4 is 16.4 Å². The molecule has 0 spiro atoms. The number of hydrogen-bond acceptors (Lipinski definition) is 6. The fraction of sp³-hybridized carbons (Fsp3) is 0.176. The number of aromatic nitrogens is 2. The number of aliphatic hydroxyl groups excluding tert-OH is 1. The number of carbonyl (C=O) groups excluding carboxylic acids is 1. The molecule has 0 aliphatic rings. The Morgan fingerprint density at radius 1 is 1.38 bits per heavy atom. The first-order chi connectivity index (χ1) is 12.2. The molecule has 0 radical (unpaired) electrons. The standard InChI is InChI=1S/C17H19ClN6O2/c1-9-8-20-17(24-16(9)23-15(19)6-10(2)25)22-14-7-12(21-11(3)26)4-5-13(14)18/h4-8,25H,1-3H3,(H,21,26)(H3,19,20,22,23,24)/b10-6-. The van der Waals surface area contributed by atoms with Crippen molar-refractivity contribution in [3.8, 4) is 0 Å². The Bertz CT molecular complexity index is 891. The molecule has 5 N–H and O–H groups in total. The summed E-state index contributed by atoms with van der Waals surface area (Å²) in [7, 11) is 0. The summed E-state index contributed by atoms with van der Waals surface area (Å²) in [6.45, 7) is 4.70. The van der Waals surface area contributed by atoms with E-state index < -0.39 is 0 Å². The summed E-state index contributed by atoms with van der Waals surface area (Å²) in [5, 5.41) is 15.3. The average Bonchev–Trinajstić information content (AvgIpc) is 2.52. The van der Waals surface area contributed by atoms with Crippen molar-refractivity contribution in [3.63, 3.8) is 0 Å². The van der Waals surface area contributed by atoms with Crippen molar-refractivity contribution >= 4 is 46.5 Å². The third-order valence-corrected chi connectivity index (χ3v) is 3.40. The lowest BCUT2D eigenvalue weighted by atomic mass is 10.2. The molecule has 8 nitrogen and oxygen atoms in total. The van der Waals surface area contributed by atoms with E-state index >= 15 is 0 Å².